The Kier molecular flexibility index (Phi) is 6.78. The minimum atomic E-state index is -0.795. The second-order valence-electron chi connectivity index (χ2n) is 5.68. The van der Waals surface area contributed by atoms with Crippen LogP contribution in [-0.4, -0.2) is 52.9 Å². The van der Waals surface area contributed by atoms with Crippen molar-refractivity contribution in [2.24, 2.45) is 11.8 Å². The van der Waals surface area contributed by atoms with E-state index in [9.17, 15) is 14.7 Å². The minimum absolute atomic E-state index is 0.0861. The van der Waals surface area contributed by atoms with Crippen molar-refractivity contribution in [3.63, 3.8) is 0 Å². The van der Waals surface area contributed by atoms with E-state index in [2.05, 4.69) is 5.32 Å². The molecule has 2 atom stereocenters. The van der Waals surface area contributed by atoms with Crippen molar-refractivity contribution in [1.82, 2.24) is 10.2 Å². The van der Waals surface area contributed by atoms with Crippen LogP contribution in [-0.2, 0) is 4.79 Å². The van der Waals surface area contributed by atoms with Crippen molar-refractivity contribution in [2.45, 2.75) is 45.6 Å². The number of aliphatic hydroxyl groups is 1. The van der Waals surface area contributed by atoms with Gasteiger partial charge in [0.2, 0.25) is 0 Å². The van der Waals surface area contributed by atoms with Crippen molar-refractivity contribution in [3.8, 4) is 0 Å². The van der Waals surface area contributed by atoms with Gasteiger partial charge >= 0.3 is 12.0 Å². The third-order valence-electron chi connectivity index (χ3n) is 4.02. The summed E-state index contributed by atoms with van der Waals surface area (Å²) in [5.41, 5.74) is 0. The lowest BCUT2D eigenvalue weighted by atomic mass is 9.92. The Balaban J connectivity index is 2.16. The van der Waals surface area contributed by atoms with Gasteiger partial charge in [-0.3, -0.25) is 4.79 Å². The zero-order valence-electron chi connectivity index (χ0n) is 12.3. The van der Waals surface area contributed by atoms with Gasteiger partial charge in [-0.15, -0.1) is 0 Å². The molecule has 6 nitrogen and oxygen atoms in total. The number of aliphatic hydroxyl groups excluding tert-OH is 1. The van der Waals surface area contributed by atoms with E-state index in [1.807, 2.05) is 0 Å². The van der Waals surface area contributed by atoms with Gasteiger partial charge in [0.1, 0.15) is 0 Å². The van der Waals surface area contributed by atoms with Crippen LogP contribution in [0.2, 0.25) is 0 Å². The molecular formula is C14H26N2O4. The molecule has 2 amide bonds. The molecule has 1 aliphatic heterocycles. The molecule has 2 unspecified atom stereocenters. The van der Waals surface area contributed by atoms with E-state index in [4.69, 9.17) is 5.11 Å². The average molecular weight is 286 g/mol. The molecule has 0 saturated carbocycles. The molecule has 0 aromatic carbocycles. The number of piperidine rings is 1. The highest BCUT2D eigenvalue weighted by molar-refractivity contribution is 5.74. The first-order chi connectivity index (χ1) is 9.41. The number of carbonyl (C=O) groups excluding carboxylic acids is 1. The number of carboxylic acid groups (broad SMARTS) is 1. The molecule has 3 N–H and O–H groups in total. The molecular weight excluding hydrogens is 260 g/mol. The fourth-order valence-corrected chi connectivity index (χ4v) is 2.42. The van der Waals surface area contributed by atoms with Crippen molar-refractivity contribution >= 4 is 12.0 Å². The second-order valence-corrected chi connectivity index (χ2v) is 5.68. The van der Waals surface area contributed by atoms with Crippen LogP contribution in [0.3, 0.4) is 0 Å². The first kappa shape index (κ1) is 16.8. The molecule has 1 fully saturated rings. The first-order valence-electron chi connectivity index (χ1n) is 7.35. The van der Waals surface area contributed by atoms with E-state index in [1.165, 1.54) is 0 Å². The van der Waals surface area contributed by atoms with Gasteiger partial charge in [0.25, 0.3) is 0 Å². The molecule has 0 spiro atoms. The van der Waals surface area contributed by atoms with Gasteiger partial charge in [0.15, 0.2) is 0 Å². The monoisotopic (exact) mass is 286 g/mol. The number of urea groups is 1. The van der Waals surface area contributed by atoms with Crippen molar-refractivity contribution in [1.29, 1.82) is 0 Å². The third kappa shape index (κ3) is 5.36. The number of amides is 2. The molecule has 116 valence electrons. The number of nitrogens with one attached hydrogen (secondary N) is 1. The second kappa shape index (κ2) is 8.09. The maximum absolute atomic E-state index is 11.9. The molecule has 0 aliphatic carbocycles. The molecule has 0 bridgehead atoms. The van der Waals surface area contributed by atoms with Crippen molar-refractivity contribution in [3.05, 3.63) is 0 Å². The lowest BCUT2D eigenvalue weighted by Crippen LogP contribution is -2.46. The van der Waals surface area contributed by atoms with E-state index in [0.717, 1.165) is 12.8 Å². The number of rotatable bonds is 6. The Bertz CT molecular complexity index is 325. The SMILES string of the molecule is CC(CCCNC(=O)N1CCC(C(C)O)CC1)C(=O)O. The molecule has 6 heteroatoms. The van der Waals surface area contributed by atoms with Crippen molar-refractivity contribution < 1.29 is 19.8 Å². The molecule has 1 rings (SSSR count). The van der Waals surface area contributed by atoms with Gasteiger partial charge in [-0.25, -0.2) is 4.79 Å². The smallest absolute Gasteiger partial charge is 0.317 e. The predicted molar refractivity (Wildman–Crippen MR) is 75.4 cm³/mol. The fraction of sp³-hybridized carbons (Fsp3) is 0.857. The van der Waals surface area contributed by atoms with Crippen LogP contribution >= 0.6 is 0 Å². The Morgan fingerprint density at radius 1 is 1.30 bits per heavy atom. The van der Waals surface area contributed by atoms with Crippen LogP contribution in [0, 0.1) is 11.8 Å². The van der Waals surface area contributed by atoms with E-state index in [-0.39, 0.29) is 24.0 Å². The Morgan fingerprint density at radius 2 is 1.90 bits per heavy atom. The Labute approximate surface area is 120 Å². The van der Waals surface area contributed by atoms with Crippen LogP contribution in [0.5, 0.6) is 0 Å². The molecule has 20 heavy (non-hydrogen) atoms. The van der Waals surface area contributed by atoms with E-state index < -0.39 is 5.97 Å². The highest BCUT2D eigenvalue weighted by atomic mass is 16.4. The molecule has 0 radical (unpaired) electrons. The lowest BCUT2D eigenvalue weighted by molar-refractivity contribution is -0.141. The lowest BCUT2D eigenvalue weighted by Gasteiger charge is -2.33. The zero-order chi connectivity index (χ0) is 15.1. The highest BCUT2D eigenvalue weighted by Gasteiger charge is 2.25. The molecule has 0 aromatic heterocycles. The number of hydrogen-bond acceptors (Lipinski definition) is 3. The largest absolute Gasteiger partial charge is 0.481 e. The van der Waals surface area contributed by atoms with Crippen molar-refractivity contribution in [2.75, 3.05) is 19.6 Å². The summed E-state index contributed by atoms with van der Waals surface area (Å²) in [7, 11) is 0. The summed E-state index contributed by atoms with van der Waals surface area (Å²) in [6, 6.07) is -0.0861. The standard InChI is InChI=1S/C14H26N2O4/c1-10(13(18)19)4-3-7-15-14(20)16-8-5-12(6-9-16)11(2)17/h10-12,17H,3-9H2,1-2H3,(H,15,20)(H,18,19). The normalized spacial score (nSPS) is 19.4. The summed E-state index contributed by atoms with van der Waals surface area (Å²) in [4.78, 5) is 24.3. The van der Waals surface area contributed by atoms with E-state index >= 15 is 0 Å². The predicted octanol–water partition coefficient (Wildman–Crippen LogP) is 1.29. The highest BCUT2D eigenvalue weighted by Crippen LogP contribution is 2.20. The summed E-state index contributed by atoms with van der Waals surface area (Å²) in [5.74, 6) is -0.874. The van der Waals surface area contributed by atoms with E-state index in [1.54, 1.807) is 18.7 Å². The average Bonchev–Trinajstić information content (AvgIpc) is 2.43. The van der Waals surface area contributed by atoms with Crippen LogP contribution in [0.25, 0.3) is 0 Å². The minimum Gasteiger partial charge on any atom is -0.481 e. The van der Waals surface area contributed by atoms with Gasteiger partial charge < -0.3 is 20.4 Å². The number of hydrogen-bond donors (Lipinski definition) is 3. The topological polar surface area (TPSA) is 89.9 Å². The maximum Gasteiger partial charge on any atom is 0.317 e. The van der Waals surface area contributed by atoms with Gasteiger partial charge in [0.05, 0.1) is 12.0 Å². The number of carboxylic acids is 1. The van der Waals surface area contributed by atoms with Crippen LogP contribution < -0.4 is 5.32 Å². The summed E-state index contributed by atoms with van der Waals surface area (Å²) in [6.07, 6.45) is 2.60. The Hall–Kier alpha value is -1.30. The molecule has 1 saturated heterocycles. The number of nitrogens with zero attached hydrogens (tertiary/aromatic N) is 1. The van der Waals surface area contributed by atoms with Gasteiger partial charge in [0, 0.05) is 19.6 Å². The van der Waals surface area contributed by atoms with Crippen LogP contribution in [0.1, 0.15) is 39.5 Å². The summed E-state index contributed by atoms with van der Waals surface area (Å²) in [5, 5.41) is 21.1. The van der Waals surface area contributed by atoms with Gasteiger partial charge in [-0.2, -0.15) is 0 Å². The number of likely N-dealkylation sites (tertiary alicyclic amines) is 1. The number of aliphatic carboxylic acids is 1. The van der Waals surface area contributed by atoms with Crippen LogP contribution in [0.15, 0.2) is 0 Å². The van der Waals surface area contributed by atoms with Gasteiger partial charge in [-0.1, -0.05) is 6.92 Å². The molecule has 0 aromatic rings. The summed E-state index contributed by atoms with van der Waals surface area (Å²) < 4.78 is 0. The summed E-state index contributed by atoms with van der Waals surface area (Å²) >= 11 is 0. The Morgan fingerprint density at radius 3 is 2.40 bits per heavy atom. The summed E-state index contributed by atoms with van der Waals surface area (Å²) in [6.45, 7) is 5.32. The fourth-order valence-electron chi connectivity index (χ4n) is 2.42. The quantitative estimate of drug-likeness (QED) is 0.642. The van der Waals surface area contributed by atoms with Crippen LogP contribution in [0.4, 0.5) is 4.79 Å². The third-order valence-corrected chi connectivity index (χ3v) is 4.02. The zero-order valence-corrected chi connectivity index (χ0v) is 12.3. The van der Waals surface area contributed by atoms with E-state index in [0.29, 0.717) is 32.5 Å². The number of carbonyl (C=O) groups is 2. The first-order valence-corrected chi connectivity index (χ1v) is 7.35. The molecule has 1 heterocycles. The molecule has 1 aliphatic rings. The van der Waals surface area contributed by atoms with Gasteiger partial charge in [-0.05, 0) is 38.5 Å². The maximum atomic E-state index is 11.9.